The maximum atomic E-state index is 11.8. The van der Waals surface area contributed by atoms with E-state index in [9.17, 15) is 10.0 Å². The number of carboxylic acids is 1. The Morgan fingerprint density at radius 3 is 2.72 bits per heavy atom. The highest BCUT2D eigenvalue weighted by molar-refractivity contribution is 6.37. The molecule has 0 saturated carbocycles. The molecule has 0 bridgehead atoms. The zero-order valence-corrected chi connectivity index (χ0v) is 10.0. The molecule has 2 rings (SSSR count). The van der Waals surface area contributed by atoms with Crippen molar-refractivity contribution in [3.8, 4) is 0 Å². The van der Waals surface area contributed by atoms with Crippen molar-refractivity contribution in [1.82, 2.24) is 0 Å². The highest BCUT2D eigenvalue weighted by Gasteiger charge is 2.38. The van der Waals surface area contributed by atoms with E-state index in [1.807, 2.05) is 30.3 Å². The molecule has 1 aromatic carbocycles. The Balaban J connectivity index is 2.24. The largest absolute Gasteiger partial charge is 0.622 e. The maximum Gasteiger partial charge on any atom is 0.303 e. The van der Waals surface area contributed by atoms with Gasteiger partial charge in [-0.25, -0.2) is 4.99 Å². The van der Waals surface area contributed by atoms with Gasteiger partial charge in [-0.2, -0.15) is 4.74 Å². The lowest BCUT2D eigenvalue weighted by molar-refractivity contribution is -0.535. The lowest BCUT2D eigenvalue weighted by Crippen LogP contribution is -2.31. The molecule has 5 heteroatoms. The molecule has 0 amide bonds. The van der Waals surface area contributed by atoms with E-state index in [-0.39, 0.29) is 12.8 Å². The van der Waals surface area contributed by atoms with Crippen LogP contribution in [-0.2, 0) is 4.79 Å². The van der Waals surface area contributed by atoms with Crippen LogP contribution in [0.3, 0.4) is 0 Å². The van der Waals surface area contributed by atoms with Crippen molar-refractivity contribution in [2.75, 3.05) is 0 Å². The molecule has 0 unspecified atom stereocenters. The Kier molecular flexibility index (Phi) is 3.14. The van der Waals surface area contributed by atoms with E-state index in [1.54, 1.807) is 6.92 Å². The number of nitrogens with zero attached hydrogens (tertiary/aromatic N) is 2. The van der Waals surface area contributed by atoms with Crippen LogP contribution in [0.15, 0.2) is 35.3 Å². The summed E-state index contributed by atoms with van der Waals surface area (Å²) in [6, 6.07) is 9.36. The van der Waals surface area contributed by atoms with E-state index in [2.05, 4.69) is 4.99 Å². The highest BCUT2D eigenvalue weighted by atomic mass is 16.5. The second kappa shape index (κ2) is 4.60. The number of aliphatic carboxylic acids is 1. The average Bonchev–Trinajstić information content (AvgIpc) is 2.65. The lowest BCUT2D eigenvalue weighted by Gasteiger charge is -2.19. The number of hydroxylamine groups is 1. The molecule has 1 atom stereocenters. The smallest absolute Gasteiger partial charge is 0.303 e. The fraction of sp³-hybridized carbons (Fsp3) is 0.308. The summed E-state index contributed by atoms with van der Waals surface area (Å²) in [6.07, 6.45) is 1.53. The fourth-order valence-corrected chi connectivity index (χ4v) is 1.85. The summed E-state index contributed by atoms with van der Waals surface area (Å²) in [6.45, 7) is 1.65. The van der Waals surface area contributed by atoms with Gasteiger partial charge in [0.25, 0.3) is 5.66 Å². The van der Waals surface area contributed by atoms with Crippen LogP contribution < -0.4 is 0 Å². The minimum atomic E-state index is -1.01. The lowest BCUT2D eigenvalue weighted by atomic mass is 10.1. The standard InChI is InChI=1S/C13H14N2O3/c1-13(8-7-12(16)17)14-11(9-15(13)18)10-5-3-2-4-6-10/h2-6,9H,7-8H2,1H3,(H,16,17)/t13-/m0/s1. The molecule has 0 saturated heterocycles. The Hall–Kier alpha value is -2.17. The summed E-state index contributed by atoms with van der Waals surface area (Å²) in [7, 11) is 0. The van der Waals surface area contributed by atoms with E-state index in [0.717, 1.165) is 10.3 Å². The third-order valence-electron chi connectivity index (χ3n) is 2.96. The molecule has 0 aromatic heterocycles. The van der Waals surface area contributed by atoms with Crippen LogP contribution in [0.25, 0.3) is 0 Å². The van der Waals surface area contributed by atoms with Gasteiger partial charge in [0, 0.05) is 18.9 Å². The van der Waals surface area contributed by atoms with Crippen LogP contribution in [0.4, 0.5) is 0 Å². The molecule has 5 nitrogen and oxygen atoms in total. The summed E-state index contributed by atoms with van der Waals surface area (Å²) in [5.74, 6) is -0.923. The van der Waals surface area contributed by atoms with Gasteiger partial charge in [-0.1, -0.05) is 30.3 Å². The van der Waals surface area contributed by atoms with E-state index < -0.39 is 11.6 Å². The molecule has 0 spiro atoms. The van der Waals surface area contributed by atoms with Gasteiger partial charge >= 0.3 is 5.97 Å². The predicted octanol–water partition coefficient (Wildman–Crippen LogP) is 1.65. The molecule has 18 heavy (non-hydrogen) atoms. The van der Waals surface area contributed by atoms with E-state index in [4.69, 9.17) is 5.11 Å². The van der Waals surface area contributed by atoms with Gasteiger partial charge in [-0.3, -0.25) is 4.79 Å². The van der Waals surface area contributed by atoms with Gasteiger partial charge in [0.05, 0.1) is 6.42 Å². The first-order chi connectivity index (χ1) is 8.51. The van der Waals surface area contributed by atoms with Crippen LogP contribution in [0.1, 0.15) is 25.3 Å². The van der Waals surface area contributed by atoms with Crippen LogP contribution in [0.5, 0.6) is 0 Å². The minimum Gasteiger partial charge on any atom is -0.622 e. The molecule has 0 aliphatic carbocycles. The van der Waals surface area contributed by atoms with Crippen molar-refractivity contribution in [3.63, 3.8) is 0 Å². The molecule has 1 aliphatic heterocycles. The van der Waals surface area contributed by atoms with Gasteiger partial charge < -0.3 is 10.3 Å². The van der Waals surface area contributed by atoms with Crippen molar-refractivity contribution >= 4 is 17.9 Å². The summed E-state index contributed by atoms with van der Waals surface area (Å²) < 4.78 is 0.734. The number of carbonyl (C=O) groups is 1. The maximum absolute atomic E-state index is 11.8. The SMILES string of the molecule is C[C@]1(CCC(=O)O)N=C(c2ccccc2)C=[N+]1[O-]. The topological polar surface area (TPSA) is 75.7 Å². The predicted molar refractivity (Wildman–Crippen MR) is 67.9 cm³/mol. The molecular formula is C13H14N2O3. The summed E-state index contributed by atoms with van der Waals surface area (Å²) >= 11 is 0. The fourth-order valence-electron chi connectivity index (χ4n) is 1.85. The van der Waals surface area contributed by atoms with Crippen molar-refractivity contribution in [3.05, 3.63) is 41.1 Å². The molecule has 1 heterocycles. The first-order valence-corrected chi connectivity index (χ1v) is 5.70. The van der Waals surface area contributed by atoms with Crippen LogP contribution >= 0.6 is 0 Å². The second-order valence-electron chi connectivity index (χ2n) is 4.43. The quantitative estimate of drug-likeness (QED) is 0.648. The summed E-state index contributed by atoms with van der Waals surface area (Å²) in [4.78, 5) is 14.9. The van der Waals surface area contributed by atoms with Gasteiger partial charge in [0.15, 0.2) is 0 Å². The number of carboxylic acid groups (broad SMARTS) is 1. The van der Waals surface area contributed by atoms with Crippen LogP contribution in [-0.4, -0.2) is 33.4 Å². The zero-order valence-electron chi connectivity index (χ0n) is 10.0. The third-order valence-corrected chi connectivity index (χ3v) is 2.96. The van der Waals surface area contributed by atoms with Crippen molar-refractivity contribution in [2.45, 2.75) is 25.4 Å². The number of hydrogen-bond donors (Lipinski definition) is 1. The first kappa shape index (κ1) is 12.3. The molecule has 0 radical (unpaired) electrons. The molecular weight excluding hydrogens is 232 g/mol. The molecule has 94 valence electrons. The van der Waals surface area contributed by atoms with Gasteiger partial charge in [-0.05, 0) is 0 Å². The summed E-state index contributed by atoms with van der Waals surface area (Å²) in [5, 5.41) is 20.5. The third kappa shape index (κ3) is 2.40. The number of benzene rings is 1. The monoisotopic (exact) mass is 246 g/mol. The first-order valence-electron chi connectivity index (χ1n) is 5.70. The minimum absolute atomic E-state index is 0.0748. The Morgan fingerprint density at radius 2 is 2.11 bits per heavy atom. The molecule has 1 aliphatic rings. The second-order valence-corrected chi connectivity index (χ2v) is 4.43. The number of rotatable bonds is 4. The van der Waals surface area contributed by atoms with Crippen molar-refractivity contribution in [2.24, 2.45) is 4.99 Å². The Labute approximate surface area is 105 Å². The number of aliphatic imine (C=N–C) groups is 1. The molecule has 1 N–H and O–H groups in total. The zero-order chi connectivity index (χ0) is 13.2. The van der Waals surface area contributed by atoms with Crippen LogP contribution in [0.2, 0.25) is 0 Å². The van der Waals surface area contributed by atoms with Crippen LogP contribution in [0, 0.1) is 5.21 Å². The van der Waals surface area contributed by atoms with E-state index in [1.165, 1.54) is 6.21 Å². The highest BCUT2D eigenvalue weighted by Crippen LogP contribution is 2.23. The Morgan fingerprint density at radius 1 is 1.44 bits per heavy atom. The van der Waals surface area contributed by atoms with Gasteiger partial charge in [-0.15, -0.1) is 0 Å². The Bertz CT molecular complexity index is 522. The van der Waals surface area contributed by atoms with Gasteiger partial charge in [0.2, 0.25) is 6.21 Å². The molecule has 0 fully saturated rings. The van der Waals surface area contributed by atoms with E-state index >= 15 is 0 Å². The van der Waals surface area contributed by atoms with Crippen molar-refractivity contribution in [1.29, 1.82) is 0 Å². The van der Waals surface area contributed by atoms with E-state index in [0.29, 0.717) is 5.71 Å². The normalized spacial score (nSPS) is 22.5. The van der Waals surface area contributed by atoms with Crippen molar-refractivity contribution < 1.29 is 14.6 Å². The summed E-state index contributed by atoms with van der Waals surface area (Å²) in [5.41, 5.74) is 0.444. The molecule has 1 aromatic rings. The van der Waals surface area contributed by atoms with Gasteiger partial charge in [0.1, 0.15) is 5.71 Å². The average molecular weight is 246 g/mol. The number of hydrogen-bond acceptors (Lipinski definition) is 3.